The highest BCUT2D eigenvalue weighted by atomic mass is 32.1. The molecule has 0 aliphatic carbocycles. The van der Waals surface area contributed by atoms with Gasteiger partial charge in [0, 0.05) is 5.75 Å². The van der Waals surface area contributed by atoms with Crippen LogP contribution >= 0.6 is 12.6 Å². The molecule has 0 spiro atoms. The number of amides is 3. The minimum Gasteiger partial charge on any atom is -0.481 e. The number of carbonyl (C=O) groups excluding carboxylic acids is 3. The van der Waals surface area contributed by atoms with E-state index in [4.69, 9.17) is 15.9 Å². The molecule has 3 amide bonds. The minimum atomic E-state index is -1.62. The molecule has 0 fully saturated rings. The highest BCUT2D eigenvalue weighted by Crippen LogP contribution is 2.03. The zero-order valence-electron chi connectivity index (χ0n) is 15.1. The third-order valence-electron chi connectivity index (χ3n) is 3.31. The van der Waals surface area contributed by atoms with Gasteiger partial charge in [0.2, 0.25) is 17.7 Å². The predicted octanol–water partition coefficient (Wildman–Crippen LogP) is -2.07. The molecule has 0 radical (unpaired) electrons. The summed E-state index contributed by atoms with van der Waals surface area (Å²) in [5.74, 6) is -4.92. The first kappa shape index (κ1) is 24.7. The number of nitrogens with one attached hydrogen (secondary N) is 3. The minimum absolute atomic E-state index is 0.0512. The smallest absolute Gasteiger partial charge is 0.326 e. The van der Waals surface area contributed by atoms with Crippen molar-refractivity contribution in [2.75, 3.05) is 12.3 Å². The van der Waals surface area contributed by atoms with Crippen molar-refractivity contribution >= 4 is 42.3 Å². The first-order chi connectivity index (χ1) is 12.5. The van der Waals surface area contributed by atoms with Gasteiger partial charge in [-0.1, -0.05) is 13.8 Å². The zero-order valence-corrected chi connectivity index (χ0v) is 16.0. The molecule has 0 saturated carbocycles. The van der Waals surface area contributed by atoms with Crippen LogP contribution in [0.3, 0.4) is 0 Å². The number of carbonyl (C=O) groups is 5. The second kappa shape index (κ2) is 12.1. The van der Waals surface area contributed by atoms with Gasteiger partial charge in [-0.05, 0) is 12.3 Å². The SMILES string of the molecule is CC(C)CC(N)C(=O)NC(CS)C(=O)NCC(=O)NC(CC(=O)O)C(=O)O. The van der Waals surface area contributed by atoms with E-state index in [-0.39, 0.29) is 11.7 Å². The van der Waals surface area contributed by atoms with E-state index in [9.17, 15) is 24.0 Å². The molecule has 0 saturated heterocycles. The van der Waals surface area contributed by atoms with Crippen LogP contribution in [-0.4, -0.2) is 70.3 Å². The quantitative estimate of drug-likeness (QED) is 0.180. The van der Waals surface area contributed by atoms with Gasteiger partial charge in [-0.3, -0.25) is 19.2 Å². The summed E-state index contributed by atoms with van der Waals surface area (Å²) in [6, 6.07) is -3.46. The van der Waals surface area contributed by atoms with Gasteiger partial charge in [0.05, 0.1) is 19.0 Å². The van der Waals surface area contributed by atoms with Crippen LogP contribution in [-0.2, 0) is 24.0 Å². The maximum atomic E-state index is 12.1. The summed E-state index contributed by atoms with van der Waals surface area (Å²) in [6.45, 7) is 3.19. The third kappa shape index (κ3) is 10.4. The number of hydrogen-bond donors (Lipinski definition) is 7. The lowest BCUT2D eigenvalue weighted by Crippen LogP contribution is -2.54. The van der Waals surface area contributed by atoms with Gasteiger partial charge in [0.1, 0.15) is 12.1 Å². The Kier molecular flexibility index (Phi) is 11.1. The van der Waals surface area contributed by atoms with Crippen molar-refractivity contribution in [3.63, 3.8) is 0 Å². The second-order valence-corrected chi connectivity index (χ2v) is 6.62. The standard InChI is InChI=1S/C15H26N4O7S/c1-7(2)3-8(16)13(23)19-10(6-27)14(24)17-5-11(20)18-9(15(25)26)4-12(21)22/h7-10,27H,3-6,16H2,1-2H3,(H,17,24)(H,18,20)(H,19,23)(H,21,22)(H,25,26). The van der Waals surface area contributed by atoms with Crippen LogP contribution in [0.5, 0.6) is 0 Å². The van der Waals surface area contributed by atoms with E-state index in [1.54, 1.807) is 0 Å². The van der Waals surface area contributed by atoms with Crippen molar-refractivity contribution in [1.82, 2.24) is 16.0 Å². The molecule has 154 valence electrons. The number of hydrogen-bond acceptors (Lipinski definition) is 7. The molecule has 12 heteroatoms. The van der Waals surface area contributed by atoms with Gasteiger partial charge in [-0.2, -0.15) is 12.6 Å². The predicted molar refractivity (Wildman–Crippen MR) is 98.0 cm³/mol. The van der Waals surface area contributed by atoms with Crippen molar-refractivity contribution in [1.29, 1.82) is 0 Å². The molecule has 0 aromatic rings. The van der Waals surface area contributed by atoms with Gasteiger partial charge in [-0.15, -0.1) is 0 Å². The van der Waals surface area contributed by atoms with Crippen molar-refractivity contribution < 1.29 is 34.2 Å². The molecule has 7 N–H and O–H groups in total. The van der Waals surface area contributed by atoms with Crippen LogP contribution in [0.25, 0.3) is 0 Å². The van der Waals surface area contributed by atoms with Crippen LogP contribution in [0.1, 0.15) is 26.7 Å². The molecule has 0 bridgehead atoms. The number of rotatable bonds is 12. The molecule has 0 aromatic heterocycles. The van der Waals surface area contributed by atoms with Crippen LogP contribution in [0.4, 0.5) is 0 Å². The first-order valence-electron chi connectivity index (χ1n) is 8.16. The number of carboxylic acid groups (broad SMARTS) is 2. The summed E-state index contributed by atoms with van der Waals surface area (Å²) in [6.07, 6.45) is -0.382. The molecular weight excluding hydrogens is 380 g/mol. The zero-order chi connectivity index (χ0) is 21.1. The van der Waals surface area contributed by atoms with Crippen molar-refractivity contribution in [3.8, 4) is 0 Å². The maximum absolute atomic E-state index is 12.1. The lowest BCUT2D eigenvalue weighted by Gasteiger charge is -2.20. The summed E-state index contributed by atoms with van der Waals surface area (Å²) in [7, 11) is 0. The van der Waals surface area contributed by atoms with Crippen molar-refractivity contribution in [2.45, 2.75) is 44.8 Å². The fourth-order valence-corrected chi connectivity index (χ4v) is 2.26. The molecule has 0 rings (SSSR count). The summed E-state index contributed by atoms with van der Waals surface area (Å²) in [5, 5.41) is 24.1. The van der Waals surface area contributed by atoms with Crippen LogP contribution < -0.4 is 21.7 Å². The fourth-order valence-electron chi connectivity index (χ4n) is 2.00. The number of nitrogens with two attached hydrogens (primary N) is 1. The molecule has 27 heavy (non-hydrogen) atoms. The average molecular weight is 406 g/mol. The summed E-state index contributed by atoms with van der Waals surface area (Å²) >= 11 is 3.97. The summed E-state index contributed by atoms with van der Waals surface area (Å²) in [4.78, 5) is 57.2. The molecule has 0 heterocycles. The van der Waals surface area contributed by atoms with Crippen LogP contribution in [0.15, 0.2) is 0 Å². The number of thiol groups is 1. The highest BCUT2D eigenvalue weighted by Gasteiger charge is 2.25. The Hall–Kier alpha value is -2.34. The van der Waals surface area contributed by atoms with E-state index in [0.29, 0.717) is 6.42 Å². The van der Waals surface area contributed by atoms with E-state index in [2.05, 4.69) is 23.3 Å². The summed E-state index contributed by atoms with van der Waals surface area (Å²) in [5.41, 5.74) is 5.73. The van der Waals surface area contributed by atoms with E-state index < -0.39 is 60.8 Å². The Morgan fingerprint density at radius 1 is 1.00 bits per heavy atom. The van der Waals surface area contributed by atoms with Crippen LogP contribution in [0.2, 0.25) is 0 Å². The van der Waals surface area contributed by atoms with Crippen LogP contribution in [0, 0.1) is 5.92 Å². The fraction of sp³-hybridized carbons (Fsp3) is 0.667. The normalized spacial score (nSPS) is 14.0. The number of carboxylic acids is 2. The van der Waals surface area contributed by atoms with Gasteiger partial charge < -0.3 is 31.9 Å². The molecule has 11 nitrogen and oxygen atoms in total. The lowest BCUT2D eigenvalue weighted by atomic mass is 10.0. The highest BCUT2D eigenvalue weighted by molar-refractivity contribution is 7.80. The Bertz CT molecular complexity index is 570. The topological polar surface area (TPSA) is 188 Å². The third-order valence-corrected chi connectivity index (χ3v) is 3.68. The molecule has 3 unspecified atom stereocenters. The average Bonchev–Trinajstić information content (AvgIpc) is 2.55. The molecule has 0 aromatic carbocycles. The Morgan fingerprint density at radius 2 is 1.59 bits per heavy atom. The van der Waals surface area contributed by atoms with E-state index in [1.807, 2.05) is 19.2 Å². The molecule has 3 atom stereocenters. The van der Waals surface area contributed by atoms with Gasteiger partial charge in [-0.25, -0.2) is 4.79 Å². The second-order valence-electron chi connectivity index (χ2n) is 6.25. The summed E-state index contributed by atoms with van der Waals surface area (Å²) < 4.78 is 0. The molecular formula is C15H26N4O7S. The molecule has 0 aliphatic heterocycles. The Morgan fingerprint density at radius 3 is 2.04 bits per heavy atom. The monoisotopic (exact) mass is 406 g/mol. The van der Waals surface area contributed by atoms with E-state index in [1.165, 1.54) is 0 Å². The number of aliphatic carboxylic acids is 2. The maximum Gasteiger partial charge on any atom is 0.326 e. The lowest BCUT2D eigenvalue weighted by molar-refractivity contribution is -0.147. The molecule has 0 aliphatic rings. The largest absolute Gasteiger partial charge is 0.481 e. The van der Waals surface area contributed by atoms with E-state index >= 15 is 0 Å². The first-order valence-corrected chi connectivity index (χ1v) is 8.79. The van der Waals surface area contributed by atoms with Gasteiger partial charge >= 0.3 is 11.9 Å². The van der Waals surface area contributed by atoms with E-state index in [0.717, 1.165) is 0 Å². The van der Waals surface area contributed by atoms with Crippen molar-refractivity contribution in [3.05, 3.63) is 0 Å². The van der Waals surface area contributed by atoms with Gasteiger partial charge in [0.15, 0.2) is 0 Å². The Labute approximate surface area is 161 Å². The van der Waals surface area contributed by atoms with Crippen molar-refractivity contribution in [2.24, 2.45) is 11.7 Å². The Balaban J connectivity index is 4.58. The van der Waals surface area contributed by atoms with Gasteiger partial charge in [0.25, 0.3) is 0 Å².